The molecule has 3 heteroatoms. The highest BCUT2D eigenvalue weighted by molar-refractivity contribution is 7.21. The van der Waals surface area contributed by atoms with Gasteiger partial charge in [0.15, 0.2) is 0 Å². The lowest BCUT2D eigenvalue weighted by Crippen LogP contribution is -1.90. The van der Waals surface area contributed by atoms with E-state index in [0.717, 1.165) is 17.1 Å². The Hall–Kier alpha value is -2.39. The molecule has 0 atom stereocenters. The van der Waals surface area contributed by atoms with Gasteiger partial charge in [0.1, 0.15) is 5.01 Å². The number of hydrogen-bond acceptors (Lipinski definition) is 2. The predicted molar refractivity (Wildman–Crippen MR) is 90.7 cm³/mol. The number of allylic oxidation sites excluding steroid dienone is 1. The number of hydrogen-bond donors (Lipinski definition) is 0. The van der Waals surface area contributed by atoms with Crippen molar-refractivity contribution in [2.24, 2.45) is 0 Å². The molecule has 0 aliphatic rings. The first-order chi connectivity index (χ1) is 10.4. The van der Waals surface area contributed by atoms with E-state index in [9.17, 15) is 0 Å². The summed E-state index contributed by atoms with van der Waals surface area (Å²) in [7, 11) is 0. The zero-order valence-corrected chi connectivity index (χ0v) is 12.3. The molecule has 102 valence electrons. The Labute approximate surface area is 127 Å². The molecule has 0 saturated heterocycles. The van der Waals surface area contributed by atoms with Crippen LogP contribution in [0, 0.1) is 0 Å². The smallest absolute Gasteiger partial charge is 0.126 e. The van der Waals surface area contributed by atoms with Crippen molar-refractivity contribution in [3.05, 3.63) is 67.4 Å². The molecule has 2 heterocycles. The lowest BCUT2D eigenvalue weighted by molar-refractivity contribution is 0.866. The highest BCUT2D eigenvalue weighted by Gasteiger charge is 2.13. The van der Waals surface area contributed by atoms with Crippen molar-refractivity contribution >= 4 is 32.5 Å². The van der Waals surface area contributed by atoms with E-state index in [1.807, 2.05) is 12.1 Å². The van der Waals surface area contributed by atoms with Crippen molar-refractivity contribution in [2.75, 3.05) is 0 Å². The maximum absolute atomic E-state index is 4.79. The summed E-state index contributed by atoms with van der Waals surface area (Å²) in [5.41, 5.74) is 3.50. The van der Waals surface area contributed by atoms with Crippen molar-refractivity contribution in [2.45, 2.75) is 6.54 Å². The summed E-state index contributed by atoms with van der Waals surface area (Å²) in [6.07, 6.45) is 4.11. The van der Waals surface area contributed by atoms with Gasteiger partial charge in [0, 0.05) is 29.2 Å². The standard InChI is InChI=1S/C18H14N2S/c1-2-11-20-12-14(13-7-3-5-9-16(13)20)18-19-15-8-4-6-10-17(15)21-18/h2-10,12H,1,11H2. The maximum atomic E-state index is 4.79. The van der Waals surface area contributed by atoms with Crippen LogP contribution in [0.1, 0.15) is 0 Å². The van der Waals surface area contributed by atoms with Gasteiger partial charge in [-0.05, 0) is 18.2 Å². The van der Waals surface area contributed by atoms with Crippen LogP contribution in [0.2, 0.25) is 0 Å². The fourth-order valence-corrected chi connectivity index (χ4v) is 3.68. The Bertz CT molecular complexity index is 913. The van der Waals surface area contributed by atoms with Crippen molar-refractivity contribution in [3.8, 4) is 10.6 Å². The third-order valence-corrected chi connectivity index (χ3v) is 4.71. The highest BCUT2D eigenvalue weighted by atomic mass is 32.1. The second-order valence-electron chi connectivity index (χ2n) is 4.99. The first-order valence-electron chi connectivity index (χ1n) is 6.91. The molecule has 0 radical (unpaired) electrons. The molecule has 0 bridgehead atoms. The van der Waals surface area contributed by atoms with E-state index in [0.29, 0.717) is 0 Å². The fourth-order valence-electron chi connectivity index (χ4n) is 2.69. The van der Waals surface area contributed by atoms with Crippen LogP contribution in [0.25, 0.3) is 31.7 Å². The third kappa shape index (κ3) is 1.98. The van der Waals surface area contributed by atoms with Crippen molar-refractivity contribution in [1.29, 1.82) is 0 Å². The number of fused-ring (bicyclic) bond motifs is 2. The van der Waals surface area contributed by atoms with Gasteiger partial charge in [-0.3, -0.25) is 0 Å². The van der Waals surface area contributed by atoms with Crippen LogP contribution in [0.15, 0.2) is 67.4 Å². The molecule has 0 saturated carbocycles. The lowest BCUT2D eigenvalue weighted by Gasteiger charge is -1.98. The van der Waals surface area contributed by atoms with Gasteiger partial charge in [-0.1, -0.05) is 36.4 Å². The minimum absolute atomic E-state index is 0.811. The van der Waals surface area contributed by atoms with E-state index in [1.165, 1.54) is 21.2 Å². The summed E-state index contributed by atoms with van der Waals surface area (Å²) in [6, 6.07) is 16.8. The van der Waals surface area contributed by atoms with Crippen LogP contribution in [0.5, 0.6) is 0 Å². The SMILES string of the molecule is C=CCn1cc(-c2nc3ccccc3s2)c2ccccc21. The topological polar surface area (TPSA) is 17.8 Å². The Morgan fingerprint density at radius 2 is 1.90 bits per heavy atom. The first-order valence-corrected chi connectivity index (χ1v) is 7.73. The Morgan fingerprint density at radius 1 is 1.10 bits per heavy atom. The molecule has 0 aliphatic heterocycles. The number of thiazole rings is 1. The summed E-state index contributed by atoms with van der Waals surface area (Å²) in [5, 5.41) is 2.33. The third-order valence-electron chi connectivity index (χ3n) is 3.64. The quantitative estimate of drug-likeness (QED) is 0.480. The van der Waals surface area contributed by atoms with E-state index in [4.69, 9.17) is 4.98 Å². The van der Waals surface area contributed by atoms with Crippen LogP contribution >= 0.6 is 11.3 Å². The van der Waals surface area contributed by atoms with E-state index >= 15 is 0 Å². The Kier molecular flexibility index (Phi) is 2.86. The van der Waals surface area contributed by atoms with Crippen LogP contribution < -0.4 is 0 Å². The van der Waals surface area contributed by atoms with Crippen molar-refractivity contribution < 1.29 is 0 Å². The van der Waals surface area contributed by atoms with E-state index < -0.39 is 0 Å². The zero-order chi connectivity index (χ0) is 14.2. The van der Waals surface area contributed by atoms with Gasteiger partial charge in [-0.15, -0.1) is 17.9 Å². The van der Waals surface area contributed by atoms with Gasteiger partial charge in [-0.25, -0.2) is 4.98 Å². The van der Waals surface area contributed by atoms with E-state index in [2.05, 4.69) is 59.8 Å². The van der Waals surface area contributed by atoms with Crippen LogP contribution in [0.3, 0.4) is 0 Å². The molecular weight excluding hydrogens is 276 g/mol. The largest absolute Gasteiger partial charge is 0.343 e. The molecule has 4 rings (SSSR count). The fraction of sp³-hybridized carbons (Fsp3) is 0.0556. The number of rotatable bonds is 3. The van der Waals surface area contributed by atoms with Gasteiger partial charge in [0.2, 0.25) is 0 Å². The number of benzene rings is 2. The first kappa shape index (κ1) is 12.4. The summed E-state index contributed by atoms with van der Waals surface area (Å²) >= 11 is 1.75. The molecule has 2 aromatic carbocycles. The van der Waals surface area contributed by atoms with Crippen molar-refractivity contribution in [1.82, 2.24) is 9.55 Å². The molecule has 0 amide bonds. The van der Waals surface area contributed by atoms with Gasteiger partial charge in [0.25, 0.3) is 0 Å². The monoisotopic (exact) mass is 290 g/mol. The molecule has 2 aromatic heterocycles. The number of aromatic nitrogens is 2. The Balaban J connectivity index is 1.99. The molecular formula is C18H14N2S. The zero-order valence-electron chi connectivity index (χ0n) is 11.5. The van der Waals surface area contributed by atoms with Gasteiger partial charge < -0.3 is 4.57 Å². The summed E-state index contributed by atoms with van der Waals surface area (Å²) < 4.78 is 3.46. The second kappa shape index (κ2) is 4.86. The molecule has 0 spiro atoms. The highest BCUT2D eigenvalue weighted by Crippen LogP contribution is 2.35. The average Bonchev–Trinajstić information content (AvgIpc) is 3.09. The minimum atomic E-state index is 0.811. The van der Waals surface area contributed by atoms with Gasteiger partial charge >= 0.3 is 0 Å². The van der Waals surface area contributed by atoms with Crippen LogP contribution in [-0.2, 0) is 6.54 Å². The molecule has 0 unspecified atom stereocenters. The minimum Gasteiger partial charge on any atom is -0.343 e. The Morgan fingerprint density at radius 3 is 2.76 bits per heavy atom. The normalized spacial score (nSPS) is 11.2. The summed E-state index contributed by atoms with van der Waals surface area (Å²) in [4.78, 5) is 4.79. The molecule has 0 N–H and O–H groups in total. The average molecular weight is 290 g/mol. The van der Waals surface area contributed by atoms with E-state index in [-0.39, 0.29) is 0 Å². The lowest BCUT2D eigenvalue weighted by atomic mass is 10.2. The summed E-state index contributed by atoms with van der Waals surface area (Å²) in [6.45, 7) is 4.66. The second-order valence-corrected chi connectivity index (χ2v) is 6.02. The number of nitrogens with zero attached hydrogens (tertiary/aromatic N) is 2. The predicted octanol–water partition coefficient (Wildman–Crippen LogP) is 5.10. The summed E-state index contributed by atoms with van der Waals surface area (Å²) in [5.74, 6) is 0. The van der Waals surface area contributed by atoms with Gasteiger partial charge in [0.05, 0.1) is 10.2 Å². The molecule has 4 aromatic rings. The van der Waals surface area contributed by atoms with Crippen LogP contribution in [0.4, 0.5) is 0 Å². The maximum Gasteiger partial charge on any atom is 0.126 e. The van der Waals surface area contributed by atoms with Crippen LogP contribution in [-0.4, -0.2) is 9.55 Å². The molecule has 2 nitrogen and oxygen atoms in total. The molecule has 0 aliphatic carbocycles. The van der Waals surface area contributed by atoms with Crippen molar-refractivity contribution in [3.63, 3.8) is 0 Å². The molecule has 0 fully saturated rings. The number of para-hydroxylation sites is 2. The van der Waals surface area contributed by atoms with Gasteiger partial charge in [-0.2, -0.15) is 0 Å². The molecule has 21 heavy (non-hydrogen) atoms. The van der Waals surface area contributed by atoms with E-state index in [1.54, 1.807) is 11.3 Å².